The molecule has 0 heterocycles. The third-order valence-corrected chi connectivity index (χ3v) is 3.29. The summed E-state index contributed by atoms with van der Waals surface area (Å²) >= 11 is 0. The standard InChI is InChI=1S/C16H18NO/c1-3-16(17,13-7-5-4-6-8-13)14-9-11-15(18-2)12-10-14/h4-12H,1,3,17H2,2H3/t16-/m1/s1. The van der Waals surface area contributed by atoms with Crippen molar-refractivity contribution in [3.63, 3.8) is 0 Å². The van der Waals surface area contributed by atoms with Crippen molar-refractivity contribution in [3.05, 3.63) is 72.6 Å². The Morgan fingerprint density at radius 3 is 2.06 bits per heavy atom. The predicted molar refractivity (Wildman–Crippen MR) is 74.4 cm³/mol. The third-order valence-electron chi connectivity index (χ3n) is 3.29. The first-order valence-corrected chi connectivity index (χ1v) is 5.99. The van der Waals surface area contributed by atoms with E-state index in [1.54, 1.807) is 7.11 Å². The maximum absolute atomic E-state index is 6.53. The molecule has 0 aliphatic rings. The summed E-state index contributed by atoms with van der Waals surface area (Å²) in [5.41, 5.74) is 8.10. The van der Waals surface area contributed by atoms with Crippen molar-refractivity contribution in [3.8, 4) is 5.75 Å². The van der Waals surface area contributed by atoms with Crippen LogP contribution in [0, 0.1) is 6.92 Å². The van der Waals surface area contributed by atoms with Crippen molar-refractivity contribution >= 4 is 0 Å². The number of methoxy groups -OCH3 is 1. The third kappa shape index (κ3) is 2.24. The first kappa shape index (κ1) is 12.7. The van der Waals surface area contributed by atoms with Gasteiger partial charge in [-0.1, -0.05) is 49.4 Å². The average Bonchev–Trinajstić information content (AvgIpc) is 2.47. The Morgan fingerprint density at radius 1 is 1.00 bits per heavy atom. The van der Waals surface area contributed by atoms with Gasteiger partial charge in [0.2, 0.25) is 0 Å². The molecule has 0 aromatic heterocycles. The molecule has 0 aliphatic carbocycles. The van der Waals surface area contributed by atoms with Gasteiger partial charge in [-0.3, -0.25) is 0 Å². The molecule has 0 saturated heterocycles. The molecule has 2 rings (SSSR count). The summed E-state index contributed by atoms with van der Waals surface area (Å²) in [6.07, 6.45) is 0.601. The molecule has 0 spiro atoms. The van der Waals surface area contributed by atoms with Gasteiger partial charge in [-0.15, -0.1) is 0 Å². The molecule has 0 unspecified atom stereocenters. The van der Waals surface area contributed by atoms with Crippen molar-refractivity contribution in [2.45, 2.75) is 12.0 Å². The fraction of sp³-hybridized carbons (Fsp3) is 0.188. The summed E-state index contributed by atoms with van der Waals surface area (Å²) < 4.78 is 5.16. The predicted octanol–water partition coefficient (Wildman–Crippen LogP) is 3.12. The molecule has 0 aliphatic heterocycles. The Hall–Kier alpha value is -1.80. The Morgan fingerprint density at radius 2 is 1.56 bits per heavy atom. The van der Waals surface area contributed by atoms with E-state index in [-0.39, 0.29) is 0 Å². The second kappa shape index (κ2) is 5.23. The van der Waals surface area contributed by atoms with Gasteiger partial charge in [0.15, 0.2) is 0 Å². The highest BCUT2D eigenvalue weighted by Crippen LogP contribution is 2.30. The van der Waals surface area contributed by atoms with Crippen molar-refractivity contribution < 1.29 is 4.74 Å². The van der Waals surface area contributed by atoms with Gasteiger partial charge in [0.1, 0.15) is 5.75 Å². The van der Waals surface area contributed by atoms with Gasteiger partial charge in [0.25, 0.3) is 0 Å². The minimum atomic E-state index is -0.548. The average molecular weight is 240 g/mol. The SMILES string of the molecule is [CH2]C[C@@](N)(c1ccccc1)c1ccc(OC)cc1. The van der Waals surface area contributed by atoms with Crippen LogP contribution < -0.4 is 10.5 Å². The van der Waals surface area contributed by atoms with E-state index >= 15 is 0 Å². The summed E-state index contributed by atoms with van der Waals surface area (Å²) in [4.78, 5) is 0. The lowest BCUT2D eigenvalue weighted by atomic mass is 9.82. The Labute approximate surface area is 108 Å². The van der Waals surface area contributed by atoms with E-state index in [0.717, 1.165) is 16.9 Å². The Balaban J connectivity index is 2.43. The molecule has 2 aromatic carbocycles. The van der Waals surface area contributed by atoms with Crippen molar-refractivity contribution in [2.24, 2.45) is 5.73 Å². The van der Waals surface area contributed by atoms with Gasteiger partial charge < -0.3 is 10.5 Å². The maximum atomic E-state index is 6.53. The molecule has 1 atom stereocenters. The molecule has 1 radical (unpaired) electrons. The molecular formula is C16H18NO. The smallest absolute Gasteiger partial charge is 0.118 e. The van der Waals surface area contributed by atoms with Gasteiger partial charge in [-0.2, -0.15) is 0 Å². The Bertz CT molecular complexity index is 492. The summed E-state index contributed by atoms with van der Waals surface area (Å²) in [6.45, 7) is 4.00. The molecule has 2 nitrogen and oxygen atoms in total. The van der Waals surface area contributed by atoms with E-state index < -0.39 is 5.54 Å². The highest BCUT2D eigenvalue weighted by Gasteiger charge is 2.27. The van der Waals surface area contributed by atoms with Crippen LogP contribution in [-0.2, 0) is 5.54 Å². The summed E-state index contributed by atoms with van der Waals surface area (Å²) in [5, 5.41) is 0. The minimum Gasteiger partial charge on any atom is -0.497 e. The van der Waals surface area contributed by atoms with Crippen molar-refractivity contribution in [1.29, 1.82) is 0 Å². The fourth-order valence-electron chi connectivity index (χ4n) is 2.08. The van der Waals surface area contributed by atoms with Crippen LogP contribution in [0.4, 0.5) is 0 Å². The van der Waals surface area contributed by atoms with Crippen LogP contribution in [0.3, 0.4) is 0 Å². The number of ether oxygens (including phenoxy) is 1. The number of hydrogen-bond donors (Lipinski definition) is 1. The lowest BCUT2D eigenvalue weighted by Crippen LogP contribution is -2.37. The molecule has 2 aromatic rings. The summed E-state index contributed by atoms with van der Waals surface area (Å²) in [7, 11) is 1.66. The maximum Gasteiger partial charge on any atom is 0.118 e. The molecule has 2 heteroatoms. The molecular weight excluding hydrogens is 222 g/mol. The molecule has 93 valence electrons. The van der Waals surface area contributed by atoms with E-state index in [1.807, 2.05) is 54.6 Å². The van der Waals surface area contributed by atoms with E-state index in [9.17, 15) is 0 Å². The second-order valence-electron chi connectivity index (χ2n) is 4.32. The van der Waals surface area contributed by atoms with Crippen molar-refractivity contribution in [1.82, 2.24) is 0 Å². The van der Waals surface area contributed by atoms with Crippen molar-refractivity contribution in [2.75, 3.05) is 7.11 Å². The second-order valence-corrected chi connectivity index (χ2v) is 4.32. The first-order valence-electron chi connectivity index (χ1n) is 5.99. The fourth-order valence-corrected chi connectivity index (χ4v) is 2.08. The van der Waals surface area contributed by atoms with Gasteiger partial charge in [-0.25, -0.2) is 0 Å². The summed E-state index contributed by atoms with van der Waals surface area (Å²) in [5.74, 6) is 0.832. The largest absolute Gasteiger partial charge is 0.497 e. The zero-order valence-electron chi connectivity index (χ0n) is 10.6. The highest BCUT2D eigenvalue weighted by molar-refractivity contribution is 5.40. The van der Waals surface area contributed by atoms with Gasteiger partial charge in [0.05, 0.1) is 12.6 Å². The lowest BCUT2D eigenvalue weighted by molar-refractivity contribution is 0.414. The number of nitrogens with two attached hydrogens (primary N) is 1. The Kier molecular flexibility index (Phi) is 3.68. The highest BCUT2D eigenvalue weighted by atomic mass is 16.5. The van der Waals surface area contributed by atoms with E-state index in [2.05, 4.69) is 6.92 Å². The molecule has 0 fully saturated rings. The number of rotatable bonds is 4. The minimum absolute atomic E-state index is 0.548. The molecule has 0 saturated carbocycles. The van der Waals surface area contributed by atoms with Crippen LogP contribution in [0.1, 0.15) is 17.5 Å². The van der Waals surface area contributed by atoms with Gasteiger partial charge in [0, 0.05) is 0 Å². The van der Waals surface area contributed by atoms with E-state index in [4.69, 9.17) is 10.5 Å². The molecule has 0 bridgehead atoms. The van der Waals surface area contributed by atoms with E-state index in [1.165, 1.54) is 0 Å². The first-order chi connectivity index (χ1) is 8.70. The normalized spacial score (nSPS) is 13.9. The monoisotopic (exact) mass is 240 g/mol. The molecule has 0 amide bonds. The zero-order valence-corrected chi connectivity index (χ0v) is 10.6. The number of benzene rings is 2. The van der Waals surface area contributed by atoms with Crippen LogP contribution in [0.25, 0.3) is 0 Å². The lowest BCUT2D eigenvalue weighted by Gasteiger charge is -2.29. The van der Waals surface area contributed by atoms with Crippen LogP contribution in [-0.4, -0.2) is 7.11 Å². The van der Waals surface area contributed by atoms with Crippen LogP contribution >= 0.6 is 0 Å². The van der Waals surface area contributed by atoms with Gasteiger partial charge in [-0.05, 0) is 29.7 Å². The topological polar surface area (TPSA) is 35.2 Å². The summed E-state index contributed by atoms with van der Waals surface area (Å²) in [6, 6.07) is 17.9. The van der Waals surface area contributed by atoms with Crippen LogP contribution in [0.2, 0.25) is 0 Å². The van der Waals surface area contributed by atoms with E-state index in [0.29, 0.717) is 6.42 Å². The molecule has 18 heavy (non-hydrogen) atoms. The zero-order chi connectivity index (χ0) is 13.0. The van der Waals surface area contributed by atoms with Gasteiger partial charge >= 0.3 is 0 Å². The molecule has 2 N–H and O–H groups in total. The number of hydrogen-bond acceptors (Lipinski definition) is 2. The van der Waals surface area contributed by atoms with Crippen LogP contribution in [0.5, 0.6) is 5.75 Å². The van der Waals surface area contributed by atoms with Crippen LogP contribution in [0.15, 0.2) is 54.6 Å². The quantitative estimate of drug-likeness (QED) is 0.891.